The van der Waals surface area contributed by atoms with Gasteiger partial charge in [0.05, 0.1) is 13.2 Å². The van der Waals surface area contributed by atoms with Crippen LogP contribution in [0.3, 0.4) is 0 Å². The zero-order valence-electron chi connectivity index (χ0n) is 33.3. The Morgan fingerprint density at radius 1 is 0.426 bits per heavy atom. The van der Waals surface area contributed by atoms with Crippen LogP contribution in [0.15, 0.2) is 146 Å². The minimum Gasteiger partial charge on any atom is -0.494 e. The number of aliphatic hydroxyl groups is 2. The maximum Gasteiger partial charge on any atom is 0.421 e. The predicted octanol–water partition coefficient (Wildman–Crippen LogP) is 12.5. The highest BCUT2D eigenvalue weighted by Crippen LogP contribution is 2.44. The molecule has 0 aromatic heterocycles. The summed E-state index contributed by atoms with van der Waals surface area (Å²) in [5.41, 5.74) is -4.27. The van der Waals surface area contributed by atoms with Crippen LogP contribution in [-0.4, -0.2) is 35.8 Å². The van der Waals surface area contributed by atoms with Crippen LogP contribution in [0.5, 0.6) is 34.5 Å². The Labute approximate surface area is 354 Å². The number of hydrogen-bond acceptors (Lipinski definition) is 7. The summed E-state index contributed by atoms with van der Waals surface area (Å²) in [4.78, 5) is 0. The molecule has 0 fully saturated rings. The summed E-state index contributed by atoms with van der Waals surface area (Å²) in [6.07, 6.45) is -11.2. The van der Waals surface area contributed by atoms with Gasteiger partial charge < -0.3 is 29.2 Å². The molecule has 0 aliphatic carbocycles. The van der Waals surface area contributed by atoms with Gasteiger partial charge in [0.2, 0.25) is 0 Å². The number of benzene rings is 6. The van der Waals surface area contributed by atoms with Crippen molar-refractivity contribution < 1.29 is 55.5 Å². The van der Waals surface area contributed by atoms with Gasteiger partial charge in [-0.15, -0.1) is 0 Å². The molecule has 0 heterocycles. The van der Waals surface area contributed by atoms with E-state index >= 15 is 0 Å². The van der Waals surface area contributed by atoms with Gasteiger partial charge >= 0.3 is 12.4 Å². The number of rotatable bonds is 18. The molecule has 6 rings (SSSR count). The summed E-state index contributed by atoms with van der Waals surface area (Å²) < 4.78 is 108. The van der Waals surface area contributed by atoms with E-state index in [-0.39, 0.29) is 22.3 Å². The van der Waals surface area contributed by atoms with E-state index in [1.54, 1.807) is 62.0 Å². The molecular weight excluding hydrogens is 819 g/mol. The smallest absolute Gasteiger partial charge is 0.421 e. The van der Waals surface area contributed by atoms with Gasteiger partial charge in [-0.1, -0.05) is 72.8 Å². The Morgan fingerprint density at radius 3 is 1.10 bits per heavy atom. The Morgan fingerprint density at radius 2 is 0.770 bits per heavy atom. The second-order valence-electron chi connectivity index (χ2n) is 14.3. The van der Waals surface area contributed by atoms with E-state index in [1.807, 2.05) is 36.4 Å². The average Bonchev–Trinajstić information content (AvgIpc) is 3.22. The Kier molecular flexibility index (Phi) is 14.3. The zero-order valence-corrected chi connectivity index (χ0v) is 34.1. The number of halogens is 6. The summed E-state index contributed by atoms with van der Waals surface area (Å²) in [7, 11) is 0. The molecule has 6 nitrogen and oxygen atoms in total. The number of hydrogen-bond donors (Lipinski definition) is 2. The zero-order chi connectivity index (χ0) is 43.7. The third kappa shape index (κ3) is 11.4. The quantitative estimate of drug-likeness (QED) is 0.0834. The van der Waals surface area contributed by atoms with Crippen molar-refractivity contribution in [3.05, 3.63) is 179 Å². The Hall–Kier alpha value is -5.63. The predicted molar refractivity (Wildman–Crippen MR) is 223 cm³/mol. The van der Waals surface area contributed by atoms with Crippen LogP contribution in [-0.2, 0) is 35.5 Å². The van der Waals surface area contributed by atoms with Crippen LogP contribution in [0.2, 0.25) is 0 Å². The molecule has 0 bridgehead atoms. The average molecular weight is 863 g/mol. The molecule has 0 radical (unpaired) electrons. The van der Waals surface area contributed by atoms with Gasteiger partial charge in [-0.3, -0.25) is 0 Å². The molecule has 320 valence electrons. The first-order valence-corrected chi connectivity index (χ1v) is 20.6. The van der Waals surface area contributed by atoms with Crippen LogP contribution >= 0.6 is 11.8 Å². The van der Waals surface area contributed by atoms with E-state index in [1.165, 1.54) is 72.8 Å². The second-order valence-corrected chi connectivity index (χ2v) is 15.2. The van der Waals surface area contributed by atoms with Gasteiger partial charge in [-0.25, -0.2) is 0 Å². The van der Waals surface area contributed by atoms with E-state index in [9.17, 15) is 36.6 Å². The fourth-order valence-corrected chi connectivity index (χ4v) is 7.55. The highest BCUT2D eigenvalue weighted by Gasteiger charge is 2.55. The SMILES string of the molecule is CCOc1ccc(C(O)(Cc2ccc(Oc3cccc(CSCc4cccc(Oc5ccc(CC(O)(c6ccc(OCC)cc6)C(F)(F)F)cc5)c4)c3)cc2)C(F)(F)F)cc1. The van der Waals surface area contributed by atoms with E-state index in [0.717, 1.165) is 11.1 Å². The van der Waals surface area contributed by atoms with Gasteiger partial charge in [-0.2, -0.15) is 38.1 Å². The van der Waals surface area contributed by atoms with Crippen molar-refractivity contribution in [1.82, 2.24) is 0 Å². The lowest BCUT2D eigenvalue weighted by atomic mass is 9.86. The summed E-state index contributed by atoms with van der Waals surface area (Å²) in [5.74, 6) is 4.04. The van der Waals surface area contributed by atoms with Crippen molar-refractivity contribution in [3.63, 3.8) is 0 Å². The molecule has 0 saturated carbocycles. The molecular formula is C48H44F6O6S. The molecule has 6 aromatic carbocycles. The maximum atomic E-state index is 14.2. The minimum absolute atomic E-state index is 0.272. The number of thioether (sulfide) groups is 1. The Bertz CT molecular complexity index is 2150. The second kappa shape index (κ2) is 19.4. The fourth-order valence-electron chi connectivity index (χ4n) is 6.62. The third-order valence-electron chi connectivity index (χ3n) is 9.80. The standard InChI is InChI=1S/C48H44F6O6S/c1-3-57-39-23-15-37(16-24-39)45(55,47(49,50)51)29-33-11-19-41(20-12-33)59-43-9-5-7-35(27-43)31-61-32-36-8-6-10-44(28-36)60-42-21-13-34(14-22-42)30-46(56,48(52,53)54)38-17-25-40(26-18-38)58-4-2/h5-28,55-56H,3-4,29-32H2,1-2H3. The number of ether oxygens (including phenoxy) is 4. The molecule has 2 unspecified atom stereocenters. The van der Waals surface area contributed by atoms with Crippen LogP contribution in [0.25, 0.3) is 0 Å². The first-order valence-electron chi connectivity index (χ1n) is 19.4. The minimum atomic E-state index is -4.93. The highest BCUT2D eigenvalue weighted by molar-refractivity contribution is 7.97. The largest absolute Gasteiger partial charge is 0.494 e. The molecule has 61 heavy (non-hydrogen) atoms. The Balaban J connectivity index is 1.01. The highest BCUT2D eigenvalue weighted by atomic mass is 32.2. The molecule has 0 spiro atoms. The lowest BCUT2D eigenvalue weighted by molar-refractivity contribution is -0.266. The topological polar surface area (TPSA) is 77.4 Å². The first kappa shape index (κ1) is 44.9. The van der Waals surface area contributed by atoms with Crippen molar-refractivity contribution >= 4 is 11.8 Å². The van der Waals surface area contributed by atoms with Gasteiger partial charge in [0, 0.05) is 24.3 Å². The van der Waals surface area contributed by atoms with Crippen molar-refractivity contribution in [2.45, 2.75) is 61.7 Å². The van der Waals surface area contributed by atoms with Gasteiger partial charge in [0.1, 0.15) is 34.5 Å². The summed E-state index contributed by atoms with van der Waals surface area (Å²) in [6, 6.07) is 37.7. The van der Waals surface area contributed by atoms with Gasteiger partial charge in [0.15, 0.2) is 11.2 Å². The molecule has 0 amide bonds. The maximum absolute atomic E-state index is 14.2. The van der Waals surface area contributed by atoms with Crippen molar-refractivity contribution in [2.24, 2.45) is 0 Å². The molecule has 0 aliphatic rings. The van der Waals surface area contributed by atoms with E-state index in [2.05, 4.69) is 0 Å². The summed E-state index contributed by atoms with van der Waals surface area (Å²) in [6.45, 7) is 4.26. The monoisotopic (exact) mass is 862 g/mol. The molecule has 0 aliphatic heterocycles. The van der Waals surface area contributed by atoms with Crippen LogP contribution in [0.4, 0.5) is 26.3 Å². The fraction of sp³-hybridized carbons (Fsp3) is 0.250. The van der Waals surface area contributed by atoms with Crippen LogP contribution in [0, 0.1) is 0 Å². The van der Waals surface area contributed by atoms with Gasteiger partial charge in [0.25, 0.3) is 0 Å². The van der Waals surface area contributed by atoms with E-state index in [4.69, 9.17) is 18.9 Å². The van der Waals surface area contributed by atoms with E-state index < -0.39 is 36.4 Å². The van der Waals surface area contributed by atoms with Crippen LogP contribution < -0.4 is 18.9 Å². The molecule has 2 atom stereocenters. The third-order valence-corrected chi connectivity index (χ3v) is 10.9. The summed E-state index contributed by atoms with van der Waals surface area (Å²) >= 11 is 1.65. The molecule has 13 heteroatoms. The van der Waals surface area contributed by atoms with Crippen molar-refractivity contribution in [1.29, 1.82) is 0 Å². The van der Waals surface area contributed by atoms with Crippen molar-refractivity contribution in [2.75, 3.05) is 13.2 Å². The van der Waals surface area contributed by atoms with Crippen molar-refractivity contribution in [3.8, 4) is 34.5 Å². The van der Waals surface area contributed by atoms with Gasteiger partial charge in [-0.05, 0) is 120 Å². The molecule has 2 N–H and O–H groups in total. The molecule has 0 saturated heterocycles. The van der Waals surface area contributed by atoms with Crippen LogP contribution in [0.1, 0.15) is 47.2 Å². The number of alkyl halides is 6. The summed E-state index contributed by atoms with van der Waals surface area (Å²) in [5, 5.41) is 21.8. The van der Waals surface area contributed by atoms with E-state index in [0.29, 0.717) is 59.2 Å². The lowest BCUT2D eigenvalue weighted by Crippen LogP contribution is -2.44. The normalized spacial score (nSPS) is 13.8. The lowest BCUT2D eigenvalue weighted by Gasteiger charge is -2.31. The first-order chi connectivity index (χ1) is 29.1. The molecule has 6 aromatic rings.